The Hall–Kier alpha value is -3.81. The molecule has 7 nitrogen and oxygen atoms in total. The Morgan fingerprint density at radius 2 is 1.50 bits per heavy atom. The Morgan fingerprint density at radius 3 is 2.03 bits per heavy atom. The van der Waals surface area contributed by atoms with E-state index in [1.54, 1.807) is 25.1 Å². The first-order chi connectivity index (χ1) is 15.3. The van der Waals surface area contributed by atoms with Crippen LogP contribution in [0, 0.1) is 19.7 Å². The summed E-state index contributed by atoms with van der Waals surface area (Å²) in [5.41, 5.74) is 2.69. The molecular formula is C24H24FNO6. The molecule has 32 heavy (non-hydrogen) atoms. The smallest absolute Gasteiger partial charge is 0.340 e. The lowest BCUT2D eigenvalue weighted by Gasteiger charge is -2.13. The van der Waals surface area contributed by atoms with E-state index in [1.807, 2.05) is 11.5 Å². The van der Waals surface area contributed by atoms with Crippen LogP contribution < -0.4 is 14.2 Å². The molecule has 0 amide bonds. The van der Waals surface area contributed by atoms with Crippen molar-refractivity contribution in [1.82, 2.24) is 4.57 Å². The van der Waals surface area contributed by atoms with Gasteiger partial charge in [-0.3, -0.25) is 4.79 Å². The highest BCUT2D eigenvalue weighted by Gasteiger charge is 2.21. The van der Waals surface area contributed by atoms with E-state index in [1.165, 1.54) is 45.6 Å². The number of esters is 1. The number of rotatable bonds is 8. The fourth-order valence-corrected chi connectivity index (χ4v) is 3.49. The van der Waals surface area contributed by atoms with Crippen LogP contribution in [0.4, 0.5) is 4.39 Å². The van der Waals surface area contributed by atoms with Crippen molar-refractivity contribution in [2.75, 3.05) is 27.9 Å². The van der Waals surface area contributed by atoms with E-state index < -0.39 is 18.4 Å². The van der Waals surface area contributed by atoms with E-state index in [4.69, 9.17) is 18.9 Å². The van der Waals surface area contributed by atoms with Crippen molar-refractivity contribution in [1.29, 1.82) is 0 Å². The van der Waals surface area contributed by atoms with Crippen LogP contribution in [-0.2, 0) is 4.74 Å². The SMILES string of the molecule is COc1cc(C(=O)COC(=O)c2cc(C)n(-c3ccc(F)cc3)c2C)cc(OC)c1OC. The third-order valence-corrected chi connectivity index (χ3v) is 5.06. The number of Topliss-reactive ketones (excluding diaryl/α,β-unsaturated/α-hetero) is 1. The van der Waals surface area contributed by atoms with E-state index in [0.29, 0.717) is 34.2 Å². The molecule has 0 N–H and O–H groups in total. The van der Waals surface area contributed by atoms with Crippen LogP contribution in [0.2, 0.25) is 0 Å². The number of hydrogen-bond donors (Lipinski definition) is 0. The van der Waals surface area contributed by atoms with Crippen molar-refractivity contribution in [3.8, 4) is 22.9 Å². The molecule has 1 heterocycles. The van der Waals surface area contributed by atoms with Gasteiger partial charge in [-0.05, 0) is 56.3 Å². The van der Waals surface area contributed by atoms with Gasteiger partial charge in [0.25, 0.3) is 0 Å². The number of ketones is 1. The largest absolute Gasteiger partial charge is 0.493 e. The summed E-state index contributed by atoms with van der Waals surface area (Å²) in [6.07, 6.45) is 0. The van der Waals surface area contributed by atoms with Gasteiger partial charge in [0.2, 0.25) is 11.5 Å². The summed E-state index contributed by atoms with van der Waals surface area (Å²) in [5, 5.41) is 0. The summed E-state index contributed by atoms with van der Waals surface area (Å²) in [6, 6.07) is 10.6. The molecule has 2 aromatic carbocycles. The van der Waals surface area contributed by atoms with E-state index in [-0.39, 0.29) is 11.4 Å². The van der Waals surface area contributed by atoms with Gasteiger partial charge in [-0.2, -0.15) is 0 Å². The van der Waals surface area contributed by atoms with Crippen molar-refractivity contribution >= 4 is 11.8 Å². The molecule has 0 spiro atoms. The molecule has 0 aliphatic carbocycles. The maximum atomic E-state index is 13.3. The van der Waals surface area contributed by atoms with Crippen LogP contribution in [0.1, 0.15) is 32.1 Å². The van der Waals surface area contributed by atoms with Gasteiger partial charge in [-0.1, -0.05) is 0 Å². The zero-order chi connectivity index (χ0) is 23.4. The molecule has 0 aliphatic rings. The minimum atomic E-state index is -0.632. The number of ether oxygens (including phenoxy) is 4. The molecule has 0 saturated heterocycles. The highest BCUT2D eigenvalue weighted by atomic mass is 19.1. The zero-order valence-corrected chi connectivity index (χ0v) is 18.5. The first-order valence-corrected chi connectivity index (χ1v) is 9.75. The average Bonchev–Trinajstić information content (AvgIpc) is 3.10. The molecule has 0 aliphatic heterocycles. The zero-order valence-electron chi connectivity index (χ0n) is 18.5. The average molecular weight is 441 g/mol. The number of methoxy groups -OCH3 is 3. The van der Waals surface area contributed by atoms with Gasteiger partial charge >= 0.3 is 5.97 Å². The van der Waals surface area contributed by atoms with Gasteiger partial charge < -0.3 is 23.5 Å². The van der Waals surface area contributed by atoms with Gasteiger partial charge in [0.1, 0.15) is 5.82 Å². The fourth-order valence-electron chi connectivity index (χ4n) is 3.49. The van der Waals surface area contributed by atoms with Gasteiger partial charge in [-0.25, -0.2) is 9.18 Å². The summed E-state index contributed by atoms with van der Waals surface area (Å²) < 4.78 is 36.1. The highest BCUT2D eigenvalue weighted by Crippen LogP contribution is 2.38. The Labute approximate surface area is 185 Å². The summed E-state index contributed by atoms with van der Waals surface area (Å²) in [6.45, 7) is 3.12. The van der Waals surface area contributed by atoms with Crippen molar-refractivity contribution in [2.24, 2.45) is 0 Å². The molecule has 1 aromatic heterocycles. The molecule has 0 radical (unpaired) electrons. The molecule has 0 fully saturated rings. The van der Waals surface area contributed by atoms with Crippen molar-refractivity contribution < 1.29 is 32.9 Å². The third kappa shape index (κ3) is 4.44. The molecule has 3 aromatic rings. The van der Waals surface area contributed by atoms with Crippen molar-refractivity contribution in [3.05, 3.63) is 70.8 Å². The van der Waals surface area contributed by atoms with E-state index >= 15 is 0 Å². The lowest BCUT2D eigenvalue weighted by atomic mass is 10.1. The number of benzene rings is 2. The number of nitrogens with zero attached hydrogens (tertiary/aromatic N) is 1. The van der Waals surface area contributed by atoms with Gasteiger partial charge in [-0.15, -0.1) is 0 Å². The van der Waals surface area contributed by atoms with Crippen molar-refractivity contribution in [2.45, 2.75) is 13.8 Å². The fraction of sp³-hybridized carbons (Fsp3) is 0.250. The van der Waals surface area contributed by atoms with Gasteiger partial charge in [0.05, 0.1) is 26.9 Å². The maximum Gasteiger partial charge on any atom is 0.340 e. The summed E-state index contributed by atoms with van der Waals surface area (Å²) in [4.78, 5) is 25.3. The minimum Gasteiger partial charge on any atom is -0.493 e. The Balaban J connectivity index is 1.78. The Kier molecular flexibility index (Phi) is 6.82. The van der Waals surface area contributed by atoms with Crippen LogP contribution in [0.3, 0.4) is 0 Å². The highest BCUT2D eigenvalue weighted by molar-refractivity contribution is 6.00. The molecular weight excluding hydrogens is 417 g/mol. The number of aryl methyl sites for hydroxylation is 1. The molecule has 0 bridgehead atoms. The van der Waals surface area contributed by atoms with E-state index in [9.17, 15) is 14.0 Å². The van der Waals surface area contributed by atoms with E-state index in [2.05, 4.69) is 0 Å². The van der Waals surface area contributed by atoms with Crippen LogP contribution in [0.25, 0.3) is 5.69 Å². The van der Waals surface area contributed by atoms with Crippen LogP contribution >= 0.6 is 0 Å². The Bertz CT molecular complexity index is 1130. The first-order valence-electron chi connectivity index (χ1n) is 9.75. The predicted molar refractivity (Wildman–Crippen MR) is 116 cm³/mol. The number of carbonyl (C=O) groups is 2. The maximum absolute atomic E-state index is 13.3. The molecule has 0 saturated carbocycles. The topological polar surface area (TPSA) is 76.0 Å². The number of carbonyl (C=O) groups excluding carboxylic acids is 2. The number of aromatic nitrogens is 1. The molecule has 8 heteroatoms. The second-order valence-electron chi connectivity index (χ2n) is 7.01. The first kappa shape index (κ1) is 22.9. The van der Waals surface area contributed by atoms with Gasteiger partial charge in [0, 0.05) is 22.6 Å². The molecule has 0 atom stereocenters. The minimum absolute atomic E-state index is 0.254. The van der Waals surface area contributed by atoms with E-state index in [0.717, 1.165) is 5.69 Å². The van der Waals surface area contributed by atoms with Crippen LogP contribution in [0.15, 0.2) is 42.5 Å². The molecule has 0 unspecified atom stereocenters. The quantitative estimate of drug-likeness (QED) is 0.383. The number of halogens is 1. The number of hydrogen-bond acceptors (Lipinski definition) is 6. The third-order valence-electron chi connectivity index (χ3n) is 5.06. The summed E-state index contributed by atoms with van der Waals surface area (Å²) in [7, 11) is 4.36. The predicted octanol–water partition coefficient (Wildman–Crippen LogP) is 4.30. The summed E-state index contributed by atoms with van der Waals surface area (Å²) in [5.74, 6) is -0.399. The van der Waals surface area contributed by atoms with Crippen LogP contribution in [0.5, 0.6) is 17.2 Å². The van der Waals surface area contributed by atoms with Crippen molar-refractivity contribution in [3.63, 3.8) is 0 Å². The second-order valence-corrected chi connectivity index (χ2v) is 7.01. The lowest BCUT2D eigenvalue weighted by molar-refractivity contribution is 0.0474. The molecule has 168 valence electrons. The Morgan fingerprint density at radius 1 is 0.906 bits per heavy atom. The lowest BCUT2D eigenvalue weighted by Crippen LogP contribution is -2.15. The standard InChI is InChI=1S/C24H24FNO6/c1-14-10-19(15(2)26(14)18-8-6-17(25)7-9-18)24(28)32-13-20(27)16-11-21(29-3)23(31-5)22(12-16)30-4/h6-12H,13H2,1-5H3. The molecule has 3 rings (SSSR count). The van der Waals surface area contributed by atoms with Crippen LogP contribution in [-0.4, -0.2) is 44.3 Å². The summed E-state index contributed by atoms with van der Waals surface area (Å²) >= 11 is 0. The monoisotopic (exact) mass is 441 g/mol. The normalized spacial score (nSPS) is 10.6. The second kappa shape index (κ2) is 9.55. The van der Waals surface area contributed by atoms with Gasteiger partial charge in [0.15, 0.2) is 18.1 Å².